The molecule has 5 rings (SSSR count). The number of aromatic nitrogens is 1. The van der Waals surface area contributed by atoms with Crippen LogP contribution in [0.3, 0.4) is 0 Å². The normalized spacial score (nSPS) is 14.3. The number of non-ortho nitro benzene ring substituents is 1. The van der Waals surface area contributed by atoms with Gasteiger partial charge >= 0.3 is 11.7 Å². The Morgan fingerprint density at radius 3 is 2.46 bits per heavy atom. The summed E-state index contributed by atoms with van der Waals surface area (Å²) in [5, 5.41) is 22.7. The van der Waals surface area contributed by atoms with E-state index in [0.717, 1.165) is 29.5 Å². The number of rotatable bonds is 10. The Morgan fingerprint density at radius 2 is 1.78 bits per heavy atom. The van der Waals surface area contributed by atoms with Crippen LogP contribution >= 0.6 is 11.3 Å². The molecule has 2 heterocycles. The van der Waals surface area contributed by atoms with E-state index in [-0.39, 0.29) is 28.2 Å². The van der Waals surface area contributed by atoms with E-state index < -0.39 is 38.8 Å². The second-order valence-electron chi connectivity index (χ2n) is 9.75. The Kier molecular flexibility index (Phi) is 8.95. The molecule has 0 unspecified atom stereocenters. The fourth-order valence-electron chi connectivity index (χ4n) is 4.92. The molecule has 1 aliphatic heterocycles. The maximum Gasteiger partial charge on any atom is 0.338 e. The molecule has 0 fully saturated rings. The number of nitro benzene ring substituents is 2. The third kappa shape index (κ3) is 6.08. The molecule has 1 aromatic heterocycles. The molecule has 14 nitrogen and oxygen atoms in total. The summed E-state index contributed by atoms with van der Waals surface area (Å²) in [6.45, 7) is 3.47. The average Bonchev–Trinajstić information content (AvgIpc) is 3.33. The van der Waals surface area contributed by atoms with Crippen molar-refractivity contribution in [2.24, 2.45) is 4.99 Å². The maximum atomic E-state index is 14.0. The second-order valence-corrected chi connectivity index (χ2v) is 10.8. The number of fused-ring (bicyclic) bond motifs is 1. The molecule has 1 aliphatic rings. The molecule has 0 radical (unpaired) electrons. The van der Waals surface area contributed by atoms with Gasteiger partial charge < -0.3 is 18.9 Å². The number of ether oxygens (including phenoxy) is 4. The van der Waals surface area contributed by atoms with Crippen LogP contribution < -0.4 is 29.1 Å². The van der Waals surface area contributed by atoms with Gasteiger partial charge in [-0.15, -0.1) is 0 Å². The Balaban J connectivity index is 1.61. The SMILES string of the molecule is CCOC(=O)C1=C(C)N=c2s/c(=C\c3cccc(Oc4ccc([N+](=O)[O-])cc4[N+](=O)[O-])c3)c(=O)n2[C@H]1c1ccc(OC)cc1OC. The topological polar surface area (TPSA) is 175 Å². The van der Waals surface area contributed by atoms with Crippen LogP contribution in [-0.2, 0) is 9.53 Å². The van der Waals surface area contributed by atoms with Crippen molar-refractivity contribution >= 4 is 34.8 Å². The Bertz CT molecular complexity index is 2100. The Hall–Kier alpha value is -5.83. The lowest BCUT2D eigenvalue weighted by Gasteiger charge is -2.26. The summed E-state index contributed by atoms with van der Waals surface area (Å²) in [6.07, 6.45) is 1.60. The van der Waals surface area contributed by atoms with Crippen LogP contribution in [0.2, 0.25) is 0 Å². The van der Waals surface area contributed by atoms with Crippen molar-refractivity contribution in [1.82, 2.24) is 4.57 Å². The van der Waals surface area contributed by atoms with E-state index >= 15 is 0 Å². The fourth-order valence-corrected chi connectivity index (χ4v) is 5.97. The predicted molar refractivity (Wildman–Crippen MR) is 166 cm³/mol. The number of benzene rings is 3. The quantitative estimate of drug-likeness (QED) is 0.136. The largest absolute Gasteiger partial charge is 0.497 e. The molecule has 0 bridgehead atoms. The predicted octanol–water partition coefficient (Wildman–Crippen LogP) is 4.42. The molecule has 46 heavy (non-hydrogen) atoms. The molecular weight excluding hydrogens is 620 g/mol. The number of hydrogen-bond acceptors (Lipinski definition) is 12. The summed E-state index contributed by atoms with van der Waals surface area (Å²) in [5.74, 6) is 0.293. The van der Waals surface area contributed by atoms with Crippen molar-refractivity contribution in [2.75, 3.05) is 20.8 Å². The Morgan fingerprint density at radius 1 is 1.00 bits per heavy atom. The summed E-state index contributed by atoms with van der Waals surface area (Å²) >= 11 is 1.11. The number of esters is 1. The van der Waals surface area contributed by atoms with Gasteiger partial charge in [0.15, 0.2) is 4.80 Å². The molecule has 236 valence electrons. The van der Waals surface area contributed by atoms with Crippen LogP contribution in [0.4, 0.5) is 11.4 Å². The van der Waals surface area contributed by atoms with Crippen molar-refractivity contribution < 1.29 is 33.6 Å². The number of hydrogen-bond donors (Lipinski definition) is 0. The highest BCUT2D eigenvalue weighted by Crippen LogP contribution is 2.38. The number of nitrogens with zero attached hydrogens (tertiary/aromatic N) is 4. The van der Waals surface area contributed by atoms with E-state index in [9.17, 15) is 29.8 Å². The number of carbonyl (C=O) groups excluding carboxylic acids is 1. The van der Waals surface area contributed by atoms with E-state index in [1.165, 1.54) is 18.8 Å². The standard InChI is InChI=1S/C31H26N4O10S/c1-5-44-30(37)27-17(2)32-31-33(28(27)22-11-10-20(42-3)16-25(22)43-4)29(36)26(46-31)14-18-7-6-8-21(13-18)45-24-12-9-19(34(38)39)15-23(24)35(40)41/h6-16,28H,5H2,1-4H3/b26-14-/t28-/m0/s1. The molecule has 4 aromatic rings. The molecule has 0 aliphatic carbocycles. The van der Waals surface area contributed by atoms with Crippen LogP contribution in [0.5, 0.6) is 23.0 Å². The van der Waals surface area contributed by atoms with E-state index in [1.54, 1.807) is 62.4 Å². The summed E-state index contributed by atoms with van der Waals surface area (Å²) in [7, 11) is 2.99. The zero-order valence-electron chi connectivity index (χ0n) is 24.9. The smallest absolute Gasteiger partial charge is 0.338 e. The molecule has 1 atom stereocenters. The summed E-state index contributed by atoms with van der Waals surface area (Å²) < 4.78 is 23.7. The average molecular weight is 647 g/mol. The number of carbonyl (C=O) groups is 1. The monoisotopic (exact) mass is 646 g/mol. The van der Waals surface area contributed by atoms with Crippen molar-refractivity contribution in [3.63, 3.8) is 0 Å². The van der Waals surface area contributed by atoms with Gasteiger partial charge in [-0.3, -0.25) is 29.6 Å². The maximum absolute atomic E-state index is 14.0. The van der Waals surface area contributed by atoms with Crippen LogP contribution in [0.15, 0.2) is 81.7 Å². The number of allylic oxidation sites excluding steroid dienone is 1. The summed E-state index contributed by atoms with van der Waals surface area (Å²) in [4.78, 5) is 53.3. The van der Waals surface area contributed by atoms with Crippen molar-refractivity contribution in [3.8, 4) is 23.0 Å². The number of thiazole rings is 1. The highest BCUT2D eigenvalue weighted by atomic mass is 32.1. The number of methoxy groups -OCH3 is 2. The van der Waals surface area contributed by atoms with E-state index in [4.69, 9.17) is 18.9 Å². The first-order valence-corrected chi connectivity index (χ1v) is 14.5. The van der Waals surface area contributed by atoms with Gasteiger partial charge in [-0.1, -0.05) is 23.5 Å². The molecule has 15 heteroatoms. The molecule has 0 saturated carbocycles. The number of nitro groups is 2. The first-order valence-electron chi connectivity index (χ1n) is 13.7. The lowest BCUT2D eigenvalue weighted by molar-refractivity contribution is -0.394. The van der Waals surface area contributed by atoms with Gasteiger partial charge in [0.1, 0.15) is 23.3 Å². The zero-order chi connectivity index (χ0) is 33.1. The lowest BCUT2D eigenvalue weighted by atomic mass is 9.95. The van der Waals surface area contributed by atoms with Gasteiger partial charge in [-0.2, -0.15) is 0 Å². The molecule has 0 spiro atoms. The molecule has 0 saturated heterocycles. The highest BCUT2D eigenvalue weighted by Gasteiger charge is 2.35. The Labute approximate surface area is 264 Å². The first kappa shape index (κ1) is 31.6. The molecular formula is C31H26N4O10S. The van der Waals surface area contributed by atoms with Crippen LogP contribution in [-0.4, -0.2) is 41.2 Å². The first-order chi connectivity index (χ1) is 22.1. The molecule has 0 amide bonds. The molecule has 3 aromatic carbocycles. The second kappa shape index (κ2) is 13.0. The fraction of sp³-hybridized carbons (Fsp3) is 0.194. The minimum absolute atomic E-state index is 0.119. The van der Waals surface area contributed by atoms with Gasteiger partial charge in [0.25, 0.3) is 11.2 Å². The van der Waals surface area contributed by atoms with Gasteiger partial charge in [0, 0.05) is 17.7 Å². The van der Waals surface area contributed by atoms with E-state index in [2.05, 4.69) is 4.99 Å². The van der Waals surface area contributed by atoms with E-state index in [1.807, 2.05) is 0 Å². The zero-order valence-corrected chi connectivity index (χ0v) is 25.7. The van der Waals surface area contributed by atoms with Crippen LogP contribution in [0, 0.1) is 20.2 Å². The van der Waals surface area contributed by atoms with Gasteiger partial charge in [0.05, 0.1) is 52.5 Å². The third-order valence-corrected chi connectivity index (χ3v) is 7.97. The third-order valence-electron chi connectivity index (χ3n) is 6.99. The lowest BCUT2D eigenvalue weighted by Crippen LogP contribution is -2.40. The van der Waals surface area contributed by atoms with Crippen molar-refractivity contribution in [1.29, 1.82) is 0 Å². The molecule has 0 N–H and O–H groups in total. The van der Waals surface area contributed by atoms with Gasteiger partial charge in [0.2, 0.25) is 5.75 Å². The summed E-state index contributed by atoms with van der Waals surface area (Å²) in [5.41, 5.74) is 0.155. The van der Waals surface area contributed by atoms with Crippen molar-refractivity contribution in [3.05, 3.63) is 123 Å². The van der Waals surface area contributed by atoms with Gasteiger partial charge in [-0.25, -0.2) is 9.79 Å². The van der Waals surface area contributed by atoms with Crippen LogP contribution in [0.25, 0.3) is 6.08 Å². The van der Waals surface area contributed by atoms with E-state index in [0.29, 0.717) is 33.1 Å². The minimum Gasteiger partial charge on any atom is -0.497 e. The van der Waals surface area contributed by atoms with Crippen molar-refractivity contribution in [2.45, 2.75) is 19.9 Å². The summed E-state index contributed by atoms with van der Waals surface area (Å²) in [6, 6.07) is 13.7. The van der Waals surface area contributed by atoms with Gasteiger partial charge in [-0.05, 0) is 55.8 Å². The highest BCUT2D eigenvalue weighted by molar-refractivity contribution is 7.07. The minimum atomic E-state index is -0.921. The van der Waals surface area contributed by atoms with Crippen LogP contribution in [0.1, 0.15) is 31.0 Å².